The molecule has 0 aromatic heterocycles. The lowest BCUT2D eigenvalue weighted by Gasteiger charge is -2.40. The number of nitrogens with zero attached hydrogens (tertiary/aromatic N) is 2. The van der Waals surface area contributed by atoms with Gasteiger partial charge in [-0.15, -0.1) is 0 Å². The van der Waals surface area contributed by atoms with Crippen LogP contribution in [0.15, 0.2) is 0 Å². The average molecular weight is 298 g/mol. The number of hydrogen-bond acceptors (Lipinski definition) is 4. The number of hydrogen-bond donors (Lipinski definition) is 2. The molecule has 1 aliphatic heterocycles. The zero-order chi connectivity index (χ0) is 15.8. The molecule has 5 nitrogen and oxygen atoms in total. The first-order valence-corrected chi connectivity index (χ1v) is 8.45. The Hall–Kier alpha value is -0.650. The molecule has 124 valence electrons. The highest BCUT2D eigenvalue weighted by Gasteiger charge is 2.27. The SMILES string of the molecule is CCC(CN)N1CCN(C(C)C(=O)NCCC(C)C)CC1. The number of rotatable bonds is 8. The molecule has 1 heterocycles. The van der Waals surface area contributed by atoms with Crippen LogP contribution in [0.4, 0.5) is 0 Å². The second kappa shape index (κ2) is 9.38. The van der Waals surface area contributed by atoms with Crippen molar-refractivity contribution in [2.45, 2.75) is 52.6 Å². The highest BCUT2D eigenvalue weighted by Crippen LogP contribution is 2.11. The fourth-order valence-electron chi connectivity index (χ4n) is 2.86. The zero-order valence-electron chi connectivity index (χ0n) is 14.3. The quantitative estimate of drug-likeness (QED) is 0.699. The molecule has 3 N–H and O–H groups in total. The minimum atomic E-state index is -0.0303. The van der Waals surface area contributed by atoms with Crippen molar-refractivity contribution in [1.29, 1.82) is 0 Å². The maximum Gasteiger partial charge on any atom is 0.237 e. The molecule has 1 aliphatic rings. The summed E-state index contributed by atoms with van der Waals surface area (Å²) in [4.78, 5) is 16.9. The number of nitrogens with one attached hydrogen (secondary N) is 1. The van der Waals surface area contributed by atoms with Gasteiger partial charge in [0.25, 0.3) is 0 Å². The summed E-state index contributed by atoms with van der Waals surface area (Å²) in [5.41, 5.74) is 5.82. The van der Waals surface area contributed by atoms with E-state index in [4.69, 9.17) is 5.73 Å². The van der Waals surface area contributed by atoms with Crippen LogP contribution in [0.25, 0.3) is 0 Å². The summed E-state index contributed by atoms with van der Waals surface area (Å²) >= 11 is 0. The van der Waals surface area contributed by atoms with Gasteiger partial charge in [-0.2, -0.15) is 0 Å². The summed E-state index contributed by atoms with van der Waals surface area (Å²) < 4.78 is 0. The van der Waals surface area contributed by atoms with Gasteiger partial charge < -0.3 is 11.1 Å². The van der Waals surface area contributed by atoms with Gasteiger partial charge >= 0.3 is 0 Å². The Labute approximate surface area is 130 Å². The molecule has 0 saturated carbocycles. The van der Waals surface area contributed by atoms with Crippen LogP contribution in [0.1, 0.15) is 40.5 Å². The van der Waals surface area contributed by atoms with Crippen LogP contribution in [0.5, 0.6) is 0 Å². The highest BCUT2D eigenvalue weighted by molar-refractivity contribution is 5.81. The van der Waals surface area contributed by atoms with Crippen LogP contribution < -0.4 is 11.1 Å². The predicted molar refractivity (Wildman–Crippen MR) is 88.2 cm³/mol. The van der Waals surface area contributed by atoms with Crippen LogP contribution in [0.3, 0.4) is 0 Å². The van der Waals surface area contributed by atoms with Crippen molar-refractivity contribution >= 4 is 5.91 Å². The highest BCUT2D eigenvalue weighted by atomic mass is 16.2. The molecule has 1 amide bonds. The maximum atomic E-state index is 12.2. The number of carbonyl (C=O) groups is 1. The number of nitrogens with two attached hydrogens (primary N) is 1. The van der Waals surface area contributed by atoms with E-state index >= 15 is 0 Å². The van der Waals surface area contributed by atoms with E-state index in [1.54, 1.807) is 0 Å². The van der Waals surface area contributed by atoms with E-state index in [0.717, 1.165) is 52.1 Å². The minimum Gasteiger partial charge on any atom is -0.355 e. The van der Waals surface area contributed by atoms with Gasteiger partial charge in [0, 0.05) is 45.3 Å². The summed E-state index contributed by atoms with van der Waals surface area (Å²) in [5, 5.41) is 3.05. The lowest BCUT2D eigenvalue weighted by Crippen LogP contribution is -2.56. The molecule has 2 atom stereocenters. The fourth-order valence-corrected chi connectivity index (χ4v) is 2.86. The Balaban J connectivity index is 2.33. The minimum absolute atomic E-state index is 0.0303. The van der Waals surface area contributed by atoms with E-state index in [0.29, 0.717) is 12.0 Å². The Kier molecular flexibility index (Phi) is 8.22. The Morgan fingerprint density at radius 2 is 1.71 bits per heavy atom. The first-order valence-electron chi connectivity index (χ1n) is 8.45. The second-order valence-corrected chi connectivity index (χ2v) is 6.52. The number of amides is 1. The molecule has 5 heteroatoms. The first kappa shape index (κ1) is 18.4. The molecule has 2 unspecified atom stereocenters. The Morgan fingerprint density at radius 3 is 2.19 bits per heavy atom. The third kappa shape index (κ3) is 5.93. The number of piperazine rings is 1. The van der Waals surface area contributed by atoms with E-state index in [2.05, 4.69) is 35.9 Å². The van der Waals surface area contributed by atoms with E-state index in [1.165, 1.54) is 0 Å². The van der Waals surface area contributed by atoms with E-state index in [9.17, 15) is 4.79 Å². The summed E-state index contributed by atoms with van der Waals surface area (Å²) in [5.74, 6) is 0.793. The van der Waals surface area contributed by atoms with E-state index in [1.807, 2.05) is 6.92 Å². The fraction of sp³-hybridized carbons (Fsp3) is 0.938. The van der Waals surface area contributed by atoms with Crippen LogP contribution in [0, 0.1) is 5.92 Å². The second-order valence-electron chi connectivity index (χ2n) is 6.52. The topological polar surface area (TPSA) is 61.6 Å². The van der Waals surface area contributed by atoms with Crippen molar-refractivity contribution in [3.05, 3.63) is 0 Å². The summed E-state index contributed by atoms with van der Waals surface area (Å²) in [7, 11) is 0. The Bertz CT molecular complexity index is 297. The molecular formula is C16H34N4O. The lowest BCUT2D eigenvalue weighted by atomic mass is 10.1. The molecule has 0 bridgehead atoms. The van der Waals surface area contributed by atoms with Crippen molar-refractivity contribution < 1.29 is 4.79 Å². The molecule has 0 aliphatic carbocycles. The molecule has 0 spiro atoms. The van der Waals surface area contributed by atoms with Crippen molar-refractivity contribution in [3.63, 3.8) is 0 Å². The summed E-state index contributed by atoms with van der Waals surface area (Å²) in [6.45, 7) is 14.0. The van der Waals surface area contributed by atoms with Gasteiger partial charge in [0.15, 0.2) is 0 Å². The Morgan fingerprint density at radius 1 is 1.14 bits per heavy atom. The zero-order valence-corrected chi connectivity index (χ0v) is 14.3. The van der Waals surface area contributed by atoms with Gasteiger partial charge in [0.2, 0.25) is 5.91 Å². The third-order valence-corrected chi connectivity index (χ3v) is 4.56. The van der Waals surface area contributed by atoms with Crippen LogP contribution >= 0.6 is 0 Å². The molecule has 21 heavy (non-hydrogen) atoms. The van der Waals surface area contributed by atoms with Crippen LogP contribution in [-0.4, -0.2) is 67.1 Å². The van der Waals surface area contributed by atoms with Gasteiger partial charge in [-0.05, 0) is 25.7 Å². The van der Waals surface area contributed by atoms with Gasteiger partial charge in [0.1, 0.15) is 0 Å². The van der Waals surface area contributed by atoms with Crippen molar-refractivity contribution in [3.8, 4) is 0 Å². The standard InChI is InChI=1S/C16H34N4O/c1-5-15(12-17)20-10-8-19(9-11-20)14(4)16(21)18-7-6-13(2)3/h13-15H,5-12,17H2,1-4H3,(H,18,21). The molecule has 0 aromatic carbocycles. The molecule has 0 radical (unpaired) electrons. The van der Waals surface area contributed by atoms with Gasteiger partial charge in [0.05, 0.1) is 6.04 Å². The maximum absolute atomic E-state index is 12.2. The molecule has 1 fully saturated rings. The van der Waals surface area contributed by atoms with Crippen LogP contribution in [0.2, 0.25) is 0 Å². The third-order valence-electron chi connectivity index (χ3n) is 4.56. The van der Waals surface area contributed by atoms with Gasteiger partial charge in [-0.25, -0.2) is 0 Å². The average Bonchev–Trinajstić information content (AvgIpc) is 2.48. The molecule has 0 aromatic rings. The summed E-state index contributed by atoms with van der Waals surface area (Å²) in [6.07, 6.45) is 2.14. The van der Waals surface area contributed by atoms with Gasteiger partial charge in [-0.3, -0.25) is 14.6 Å². The van der Waals surface area contributed by atoms with Gasteiger partial charge in [-0.1, -0.05) is 20.8 Å². The van der Waals surface area contributed by atoms with Crippen molar-refractivity contribution in [2.75, 3.05) is 39.3 Å². The molecule has 1 rings (SSSR count). The van der Waals surface area contributed by atoms with Crippen molar-refractivity contribution in [2.24, 2.45) is 11.7 Å². The predicted octanol–water partition coefficient (Wildman–Crippen LogP) is 0.892. The number of carbonyl (C=O) groups excluding carboxylic acids is 1. The van der Waals surface area contributed by atoms with E-state index in [-0.39, 0.29) is 11.9 Å². The smallest absolute Gasteiger partial charge is 0.237 e. The van der Waals surface area contributed by atoms with Crippen LogP contribution in [-0.2, 0) is 4.79 Å². The first-order chi connectivity index (χ1) is 9.99. The van der Waals surface area contributed by atoms with E-state index < -0.39 is 0 Å². The summed E-state index contributed by atoms with van der Waals surface area (Å²) in [6, 6.07) is 0.458. The largest absolute Gasteiger partial charge is 0.355 e. The molecular weight excluding hydrogens is 264 g/mol. The monoisotopic (exact) mass is 298 g/mol. The van der Waals surface area contributed by atoms with Crippen molar-refractivity contribution in [1.82, 2.24) is 15.1 Å². The lowest BCUT2D eigenvalue weighted by molar-refractivity contribution is -0.126. The normalized spacial score (nSPS) is 20.5. The molecule has 1 saturated heterocycles.